The largest absolute Gasteiger partial charge is 0.472 e. The van der Waals surface area contributed by atoms with Crippen LogP contribution in [0.4, 0.5) is 26.3 Å². The van der Waals surface area contributed by atoms with E-state index < -0.39 is 33.4 Å². The molecule has 0 aromatic heterocycles. The Morgan fingerprint density at radius 1 is 1.06 bits per heavy atom. The van der Waals surface area contributed by atoms with Crippen molar-refractivity contribution in [1.29, 1.82) is 0 Å². The van der Waals surface area contributed by atoms with Crippen LogP contribution in [0.15, 0.2) is 0 Å². The van der Waals surface area contributed by atoms with Gasteiger partial charge in [-0.1, -0.05) is 6.92 Å². The molecule has 0 bridgehead atoms. The van der Waals surface area contributed by atoms with Crippen LogP contribution in [0.1, 0.15) is 6.92 Å². The van der Waals surface area contributed by atoms with Crippen molar-refractivity contribution in [3.63, 3.8) is 0 Å². The van der Waals surface area contributed by atoms with Gasteiger partial charge in [-0.25, -0.2) is 4.57 Å². The first-order chi connectivity index (χ1) is 7.83. The molecule has 0 heterocycles. The number of hydrogen-bond acceptors (Lipinski definition) is 4. The van der Waals surface area contributed by atoms with Gasteiger partial charge in [0.25, 0.3) is 0 Å². The number of phosphoric ester groups is 1. The standard InChI is InChI=1S/C4H5F6O4P.C2H7N/c5-3(6,7)1-13-15(11,12)14-2-4(8,9)10;1-2-3/h1-2H2,(H,11,12);2-3H2,1H3. The summed E-state index contributed by atoms with van der Waals surface area (Å²) in [6.07, 6.45) is -9.86. The smallest absolute Gasteiger partial charge is 0.331 e. The molecule has 5 nitrogen and oxygen atoms in total. The van der Waals surface area contributed by atoms with Crippen LogP contribution in [0, 0.1) is 0 Å². The molecule has 0 radical (unpaired) electrons. The quantitative estimate of drug-likeness (QED) is 0.615. The summed E-state index contributed by atoms with van der Waals surface area (Å²) in [6.45, 7) is -1.68. The normalized spacial score (nSPS) is 12.9. The first-order valence-electron chi connectivity index (χ1n) is 4.28. The maximum atomic E-state index is 11.4. The fourth-order valence-corrected chi connectivity index (χ4v) is 1.04. The minimum atomic E-state index is -5.33. The summed E-state index contributed by atoms with van der Waals surface area (Å²) in [4.78, 5) is 8.35. The first kappa shape index (κ1) is 20.0. The second kappa shape index (κ2) is 7.95. The van der Waals surface area contributed by atoms with Crippen molar-refractivity contribution >= 4 is 7.82 Å². The number of halogens is 6. The van der Waals surface area contributed by atoms with E-state index in [0.717, 1.165) is 6.54 Å². The number of phosphoric acid groups is 1. The Balaban J connectivity index is 0. The zero-order valence-electron chi connectivity index (χ0n) is 9.09. The highest BCUT2D eigenvalue weighted by Gasteiger charge is 2.37. The Bertz CT molecular complexity index is 246. The minimum Gasteiger partial charge on any atom is -0.331 e. The van der Waals surface area contributed by atoms with E-state index in [2.05, 4.69) is 9.05 Å². The summed E-state index contributed by atoms with van der Waals surface area (Å²) in [5, 5.41) is 0. The topological polar surface area (TPSA) is 81.8 Å². The predicted molar refractivity (Wildman–Crippen MR) is 48.6 cm³/mol. The summed E-state index contributed by atoms with van der Waals surface area (Å²) in [5.74, 6) is 0. The van der Waals surface area contributed by atoms with Gasteiger partial charge in [-0.15, -0.1) is 0 Å². The Labute approximate surface area is 98.5 Å². The van der Waals surface area contributed by atoms with Gasteiger partial charge >= 0.3 is 20.2 Å². The van der Waals surface area contributed by atoms with E-state index in [1.54, 1.807) is 0 Å². The van der Waals surface area contributed by atoms with Gasteiger partial charge in [-0.05, 0) is 6.54 Å². The summed E-state index contributed by atoms with van der Waals surface area (Å²) in [7, 11) is -5.33. The molecule has 0 aliphatic rings. The average molecular weight is 307 g/mol. The lowest BCUT2D eigenvalue weighted by Crippen LogP contribution is -2.19. The zero-order chi connectivity index (χ0) is 15.0. The van der Waals surface area contributed by atoms with Crippen molar-refractivity contribution < 1.29 is 44.8 Å². The average Bonchev–Trinajstić information content (AvgIpc) is 2.12. The predicted octanol–water partition coefficient (Wildman–Crippen LogP) is 2.21. The van der Waals surface area contributed by atoms with E-state index in [1.165, 1.54) is 0 Å². The van der Waals surface area contributed by atoms with Gasteiger partial charge in [0.2, 0.25) is 0 Å². The van der Waals surface area contributed by atoms with Crippen molar-refractivity contribution in [3.8, 4) is 0 Å². The summed E-state index contributed by atoms with van der Waals surface area (Å²) in [5.41, 5.74) is 4.85. The molecule has 0 fully saturated rings. The molecule has 18 heavy (non-hydrogen) atoms. The van der Waals surface area contributed by atoms with Crippen LogP contribution >= 0.6 is 7.82 Å². The highest BCUT2D eigenvalue weighted by molar-refractivity contribution is 7.47. The van der Waals surface area contributed by atoms with Crippen molar-refractivity contribution in [2.24, 2.45) is 5.73 Å². The van der Waals surface area contributed by atoms with Crippen molar-refractivity contribution in [2.45, 2.75) is 19.3 Å². The van der Waals surface area contributed by atoms with E-state index in [9.17, 15) is 30.9 Å². The third kappa shape index (κ3) is 18.0. The van der Waals surface area contributed by atoms with Gasteiger partial charge < -0.3 is 10.6 Å². The van der Waals surface area contributed by atoms with Crippen LogP contribution in [-0.4, -0.2) is 37.0 Å². The van der Waals surface area contributed by atoms with E-state index in [0.29, 0.717) is 0 Å². The fraction of sp³-hybridized carbons (Fsp3) is 1.00. The Hall–Kier alpha value is -0.350. The van der Waals surface area contributed by atoms with Crippen molar-refractivity contribution in [1.82, 2.24) is 0 Å². The molecule has 0 aromatic rings. The second-order valence-corrected chi connectivity index (χ2v) is 4.11. The molecule has 12 heteroatoms. The lowest BCUT2D eigenvalue weighted by molar-refractivity contribution is -0.169. The van der Waals surface area contributed by atoms with Crippen molar-refractivity contribution in [2.75, 3.05) is 19.8 Å². The summed E-state index contributed by atoms with van der Waals surface area (Å²) in [6, 6.07) is 0. The number of nitrogens with two attached hydrogens (primary N) is 1. The molecule has 0 unspecified atom stereocenters. The third-order valence-corrected chi connectivity index (χ3v) is 1.69. The van der Waals surface area contributed by atoms with Crippen molar-refractivity contribution in [3.05, 3.63) is 0 Å². The van der Waals surface area contributed by atoms with Gasteiger partial charge in [-0.2, -0.15) is 26.3 Å². The van der Waals surface area contributed by atoms with Crippen LogP contribution in [0.2, 0.25) is 0 Å². The van der Waals surface area contributed by atoms with Crippen LogP contribution in [-0.2, 0) is 13.6 Å². The molecule has 0 amide bonds. The molecular formula is C6H12F6NO4P. The highest BCUT2D eigenvalue weighted by Crippen LogP contribution is 2.45. The molecule has 112 valence electrons. The Morgan fingerprint density at radius 3 is 1.44 bits per heavy atom. The summed E-state index contributed by atoms with van der Waals surface area (Å²) >= 11 is 0. The molecule has 0 spiro atoms. The van der Waals surface area contributed by atoms with E-state index in [4.69, 9.17) is 10.6 Å². The molecule has 0 atom stereocenters. The number of alkyl halides is 6. The Morgan fingerprint density at radius 2 is 1.28 bits per heavy atom. The monoisotopic (exact) mass is 307 g/mol. The number of rotatable bonds is 4. The second-order valence-electron chi connectivity index (χ2n) is 2.65. The van der Waals surface area contributed by atoms with Gasteiger partial charge in [0.05, 0.1) is 0 Å². The molecule has 0 aliphatic heterocycles. The highest BCUT2D eigenvalue weighted by atomic mass is 31.2. The zero-order valence-corrected chi connectivity index (χ0v) is 9.98. The van der Waals surface area contributed by atoms with Crippen LogP contribution in [0.25, 0.3) is 0 Å². The molecule has 0 rings (SSSR count). The lowest BCUT2D eigenvalue weighted by Gasteiger charge is -2.14. The van der Waals surface area contributed by atoms with Crippen LogP contribution in [0.3, 0.4) is 0 Å². The van der Waals surface area contributed by atoms with E-state index >= 15 is 0 Å². The van der Waals surface area contributed by atoms with Crippen LogP contribution < -0.4 is 5.73 Å². The maximum absolute atomic E-state index is 11.4. The maximum Gasteiger partial charge on any atom is 0.472 e. The molecule has 0 saturated carbocycles. The van der Waals surface area contributed by atoms with E-state index in [-0.39, 0.29) is 0 Å². The molecule has 0 saturated heterocycles. The van der Waals surface area contributed by atoms with Gasteiger partial charge in [0.1, 0.15) is 0 Å². The van der Waals surface area contributed by atoms with Crippen LogP contribution in [0.5, 0.6) is 0 Å². The molecule has 3 N–H and O–H groups in total. The third-order valence-electron chi connectivity index (χ3n) is 0.783. The molecular weight excluding hydrogens is 295 g/mol. The Kier molecular flexibility index (Phi) is 8.82. The summed E-state index contributed by atoms with van der Waals surface area (Å²) < 4.78 is 85.5. The SMILES string of the molecule is CCN.O=P(O)(OCC(F)(F)F)OCC(F)(F)F. The van der Waals surface area contributed by atoms with Gasteiger partial charge in [-0.3, -0.25) is 9.05 Å². The fourth-order valence-electron chi connectivity index (χ4n) is 0.347. The number of hydrogen-bond donors (Lipinski definition) is 2. The van der Waals surface area contributed by atoms with Gasteiger partial charge in [0, 0.05) is 0 Å². The molecule has 0 aromatic carbocycles. The lowest BCUT2D eigenvalue weighted by atomic mass is 10.7. The van der Waals surface area contributed by atoms with E-state index in [1.807, 2.05) is 6.92 Å². The first-order valence-corrected chi connectivity index (χ1v) is 5.78. The minimum absolute atomic E-state index is 0.750. The van der Waals surface area contributed by atoms with Gasteiger partial charge in [0.15, 0.2) is 13.2 Å². The molecule has 0 aliphatic carbocycles.